The van der Waals surface area contributed by atoms with Crippen LogP contribution in [0.4, 0.5) is 8.78 Å². The first-order chi connectivity index (χ1) is 9.24. The van der Waals surface area contributed by atoms with Crippen molar-refractivity contribution in [2.45, 2.75) is 32.2 Å². The predicted molar refractivity (Wildman–Crippen MR) is 73.1 cm³/mol. The van der Waals surface area contributed by atoms with Crippen LogP contribution in [0.25, 0.3) is 0 Å². The van der Waals surface area contributed by atoms with E-state index in [-0.39, 0.29) is 6.04 Å². The molecule has 1 aromatic rings. The average molecular weight is 268 g/mol. The molecule has 0 unspecified atom stereocenters. The standard InChI is InChI=1S/C15H22F2N2/c1-2-3-7-14(19-10-8-18-9-11-19)12-5-4-6-13(16)15(12)17/h4-6,14,18H,2-3,7-11H2,1H3/t14-/m0/s1. The lowest BCUT2D eigenvalue weighted by atomic mass is 9.98. The Balaban J connectivity index is 2.22. The van der Waals surface area contributed by atoms with E-state index in [0.717, 1.165) is 45.4 Å². The van der Waals surface area contributed by atoms with E-state index in [0.29, 0.717) is 5.56 Å². The third-order valence-corrected chi connectivity index (χ3v) is 3.76. The molecule has 1 saturated heterocycles. The molecule has 0 amide bonds. The highest BCUT2D eigenvalue weighted by molar-refractivity contribution is 5.23. The molecule has 1 aliphatic rings. The van der Waals surface area contributed by atoms with Crippen LogP contribution in [0.2, 0.25) is 0 Å². The van der Waals surface area contributed by atoms with Crippen molar-refractivity contribution in [3.63, 3.8) is 0 Å². The minimum absolute atomic E-state index is 0.00208. The van der Waals surface area contributed by atoms with Gasteiger partial charge in [0.25, 0.3) is 0 Å². The Morgan fingerprint density at radius 1 is 1.26 bits per heavy atom. The van der Waals surface area contributed by atoms with Gasteiger partial charge in [-0.2, -0.15) is 0 Å². The fraction of sp³-hybridized carbons (Fsp3) is 0.600. The zero-order valence-electron chi connectivity index (χ0n) is 11.5. The van der Waals surface area contributed by atoms with Crippen molar-refractivity contribution in [2.75, 3.05) is 26.2 Å². The Morgan fingerprint density at radius 2 is 2.00 bits per heavy atom. The number of benzene rings is 1. The molecule has 1 heterocycles. The van der Waals surface area contributed by atoms with Gasteiger partial charge < -0.3 is 5.32 Å². The summed E-state index contributed by atoms with van der Waals surface area (Å²) in [6, 6.07) is 4.51. The van der Waals surface area contributed by atoms with Gasteiger partial charge in [-0.3, -0.25) is 4.90 Å². The average Bonchev–Trinajstić information content (AvgIpc) is 2.45. The van der Waals surface area contributed by atoms with Crippen molar-refractivity contribution >= 4 is 0 Å². The van der Waals surface area contributed by atoms with E-state index in [1.807, 2.05) is 0 Å². The Kier molecular flexibility index (Phi) is 5.28. The molecule has 1 N–H and O–H groups in total. The molecule has 1 atom stereocenters. The fourth-order valence-corrected chi connectivity index (χ4v) is 2.70. The summed E-state index contributed by atoms with van der Waals surface area (Å²) in [5.74, 6) is -1.42. The van der Waals surface area contributed by atoms with E-state index in [2.05, 4.69) is 17.1 Å². The molecule has 4 heteroatoms. The van der Waals surface area contributed by atoms with Gasteiger partial charge in [-0.1, -0.05) is 31.9 Å². The number of hydrogen-bond acceptors (Lipinski definition) is 2. The highest BCUT2D eigenvalue weighted by Gasteiger charge is 2.25. The lowest BCUT2D eigenvalue weighted by Gasteiger charge is -2.35. The van der Waals surface area contributed by atoms with Crippen LogP contribution in [0.15, 0.2) is 18.2 Å². The maximum atomic E-state index is 14.0. The smallest absolute Gasteiger partial charge is 0.163 e. The van der Waals surface area contributed by atoms with Gasteiger partial charge in [-0.25, -0.2) is 8.78 Å². The van der Waals surface area contributed by atoms with Crippen molar-refractivity contribution < 1.29 is 8.78 Å². The van der Waals surface area contributed by atoms with Gasteiger partial charge in [-0.05, 0) is 12.5 Å². The van der Waals surface area contributed by atoms with Crippen LogP contribution < -0.4 is 5.32 Å². The second-order valence-electron chi connectivity index (χ2n) is 5.09. The number of unbranched alkanes of at least 4 members (excludes halogenated alkanes) is 1. The van der Waals surface area contributed by atoms with Crippen molar-refractivity contribution in [3.05, 3.63) is 35.4 Å². The van der Waals surface area contributed by atoms with Crippen LogP contribution in [-0.4, -0.2) is 31.1 Å². The number of halogens is 2. The second kappa shape index (κ2) is 6.96. The molecule has 1 aliphatic heterocycles. The van der Waals surface area contributed by atoms with Crippen LogP contribution in [0.5, 0.6) is 0 Å². The SMILES string of the molecule is CCCC[C@@H](c1cccc(F)c1F)N1CCNCC1. The largest absolute Gasteiger partial charge is 0.314 e. The number of rotatable bonds is 5. The first-order valence-corrected chi connectivity index (χ1v) is 7.12. The molecule has 0 aliphatic carbocycles. The molecule has 106 valence electrons. The zero-order chi connectivity index (χ0) is 13.7. The Morgan fingerprint density at radius 3 is 2.68 bits per heavy atom. The Labute approximate surface area is 113 Å². The van der Waals surface area contributed by atoms with E-state index < -0.39 is 11.6 Å². The van der Waals surface area contributed by atoms with E-state index in [9.17, 15) is 8.78 Å². The van der Waals surface area contributed by atoms with Gasteiger partial charge in [0.05, 0.1) is 0 Å². The monoisotopic (exact) mass is 268 g/mol. The summed E-state index contributed by atoms with van der Waals surface area (Å²) in [6.07, 6.45) is 2.99. The normalized spacial score (nSPS) is 18.5. The topological polar surface area (TPSA) is 15.3 Å². The van der Waals surface area contributed by atoms with Crippen molar-refractivity contribution in [3.8, 4) is 0 Å². The summed E-state index contributed by atoms with van der Waals surface area (Å²) >= 11 is 0. The molecular formula is C15H22F2N2. The summed E-state index contributed by atoms with van der Waals surface area (Å²) in [7, 11) is 0. The Bertz CT molecular complexity index is 403. The number of nitrogens with zero attached hydrogens (tertiary/aromatic N) is 1. The van der Waals surface area contributed by atoms with Crippen molar-refractivity contribution in [1.29, 1.82) is 0 Å². The first-order valence-electron chi connectivity index (χ1n) is 7.12. The minimum atomic E-state index is -0.742. The van der Waals surface area contributed by atoms with E-state index >= 15 is 0 Å². The number of piperazine rings is 1. The quantitative estimate of drug-likeness (QED) is 0.882. The second-order valence-corrected chi connectivity index (χ2v) is 5.09. The van der Waals surface area contributed by atoms with Gasteiger partial charge in [-0.15, -0.1) is 0 Å². The zero-order valence-corrected chi connectivity index (χ0v) is 11.5. The van der Waals surface area contributed by atoms with Crippen LogP contribution in [0.3, 0.4) is 0 Å². The molecule has 0 radical (unpaired) electrons. The van der Waals surface area contributed by atoms with Crippen LogP contribution >= 0.6 is 0 Å². The van der Waals surface area contributed by atoms with Gasteiger partial charge in [0.1, 0.15) is 0 Å². The molecule has 0 saturated carbocycles. The highest BCUT2D eigenvalue weighted by Crippen LogP contribution is 2.29. The minimum Gasteiger partial charge on any atom is -0.314 e. The maximum absolute atomic E-state index is 14.0. The fourth-order valence-electron chi connectivity index (χ4n) is 2.70. The summed E-state index contributed by atoms with van der Waals surface area (Å²) in [5, 5.41) is 3.29. The molecule has 19 heavy (non-hydrogen) atoms. The summed E-state index contributed by atoms with van der Waals surface area (Å²) in [5.41, 5.74) is 0.510. The number of hydrogen-bond donors (Lipinski definition) is 1. The molecule has 0 aromatic heterocycles. The third kappa shape index (κ3) is 3.51. The molecular weight excluding hydrogens is 246 g/mol. The van der Waals surface area contributed by atoms with E-state index in [1.54, 1.807) is 12.1 Å². The van der Waals surface area contributed by atoms with Crippen LogP contribution in [0, 0.1) is 11.6 Å². The van der Waals surface area contributed by atoms with Crippen LogP contribution in [0.1, 0.15) is 37.8 Å². The van der Waals surface area contributed by atoms with Gasteiger partial charge in [0.15, 0.2) is 11.6 Å². The van der Waals surface area contributed by atoms with Gasteiger partial charge in [0.2, 0.25) is 0 Å². The lowest BCUT2D eigenvalue weighted by molar-refractivity contribution is 0.159. The third-order valence-electron chi connectivity index (χ3n) is 3.76. The summed E-state index contributed by atoms with van der Waals surface area (Å²) in [4.78, 5) is 2.27. The van der Waals surface area contributed by atoms with Crippen LogP contribution in [-0.2, 0) is 0 Å². The Hall–Kier alpha value is -1.00. The molecule has 2 rings (SSSR count). The molecule has 1 aromatic carbocycles. The molecule has 0 spiro atoms. The summed E-state index contributed by atoms with van der Waals surface area (Å²) in [6.45, 7) is 5.74. The molecule has 2 nitrogen and oxygen atoms in total. The predicted octanol–water partition coefficient (Wildman–Crippen LogP) is 3.10. The summed E-state index contributed by atoms with van der Waals surface area (Å²) < 4.78 is 27.4. The van der Waals surface area contributed by atoms with Gasteiger partial charge >= 0.3 is 0 Å². The van der Waals surface area contributed by atoms with Crippen molar-refractivity contribution in [2.24, 2.45) is 0 Å². The molecule has 1 fully saturated rings. The lowest BCUT2D eigenvalue weighted by Crippen LogP contribution is -2.45. The van der Waals surface area contributed by atoms with Crippen molar-refractivity contribution in [1.82, 2.24) is 10.2 Å². The van der Waals surface area contributed by atoms with E-state index in [1.165, 1.54) is 6.07 Å². The van der Waals surface area contributed by atoms with E-state index in [4.69, 9.17) is 0 Å². The first kappa shape index (κ1) is 14.4. The number of nitrogens with one attached hydrogen (secondary N) is 1. The molecule has 0 bridgehead atoms. The maximum Gasteiger partial charge on any atom is 0.163 e. The highest BCUT2D eigenvalue weighted by atomic mass is 19.2. The van der Waals surface area contributed by atoms with Gasteiger partial charge in [0, 0.05) is 37.8 Å².